The number of halogens is 1. The van der Waals surface area contributed by atoms with Crippen LogP contribution in [0.25, 0.3) is 42.7 Å². The molecule has 0 bridgehead atoms. The number of fused-ring (bicyclic) bond motifs is 3. The molecule has 3 aromatic carbocycles. The van der Waals surface area contributed by atoms with Crippen LogP contribution in [0.4, 0.5) is 4.39 Å². The summed E-state index contributed by atoms with van der Waals surface area (Å²) in [5.74, 6) is 6.18. The molecule has 0 N–H and O–H groups in total. The molecule has 0 aliphatic rings. The number of rotatable bonds is 3. The molecule has 6 aromatic rings. The van der Waals surface area contributed by atoms with Crippen molar-refractivity contribution in [3.05, 3.63) is 114 Å². The van der Waals surface area contributed by atoms with Crippen molar-refractivity contribution in [3.63, 3.8) is 0 Å². The van der Waals surface area contributed by atoms with E-state index in [9.17, 15) is 4.39 Å². The SMILES string of the molecule is CC(C)(C)c1ccnc(-c2[c-]ccc3c2sc2cc(F)ccc23)c1.[2H]C([2H])([2H])c1c[c-]c(-c2cc(C([2H])([2H])[2H])[c]([Ge]([CH3])([CH3])[CH3])cn2)cc1.[Ir]. The minimum atomic E-state index is -2.38. The van der Waals surface area contributed by atoms with Crippen LogP contribution < -0.4 is 4.40 Å². The summed E-state index contributed by atoms with van der Waals surface area (Å²) in [5, 5.41) is 2.21. The van der Waals surface area contributed by atoms with Crippen LogP contribution in [0, 0.1) is 31.7 Å². The number of pyridine rings is 2. The summed E-state index contributed by atoms with van der Waals surface area (Å²) in [4.78, 5) is 8.97. The number of hydrogen-bond donors (Lipinski definition) is 0. The van der Waals surface area contributed by atoms with E-state index in [0.29, 0.717) is 16.8 Å². The summed E-state index contributed by atoms with van der Waals surface area (Å²) in [6.45, 7) is 2.19. The van der Waals surface area contributed by atoms with E-state index >= 15 is 0 Å². The first-order valence-electron chi connectivity index (χ1n) is 16.8. The van der Waals surface area contributed by atoms with E-state index in [0.717, 1.165) is 35.8 Å². The van der Waals surface area contributed by atoms with Gasteiger partial charge in [0.15, 0.2) is 0 Å². The van der Waals surface area contributed by atoms with E-state index in [4.69, 9.17) is 8.22 Å². The Morgan fingerprint density at radius 1 is 0.884 bits per heavy atom. The average molecular weight is 832 g/mol. The van der Waals surface area contributed by atoms with Gasteiger partial charge < -0.3 is 4.98 Å². The maximum absolute atomic E-state index is 13.6. The smallest absolute Gasteiger partial charge is 0 e. The minimum Gasteiger partial charge on any atom is 0 e. The fourth-order valence-electron chi connectivity index (χ4n) is 4.72. The molecule has 0 spiro atoms. The standard InChI is InChI=1S/C21H17FNS.C16H20GeN.Ir/c1-21(2,3)13-9-10-23-18(11-13)17-6-4-5-16-15-8-7-14(22)12-19(15)24-20(16)17;1-12-6-8-14(9-7-12)16-10-13(2)15(11-18-16)17(3,4)5;/h4-5,7-12H,1-3H3;6-8,10-11H,1-5H3;/q2*-1;/i;1D3,2D3;. The van der Waals surface area contributed by atoms with Gasteiger partial charge in [-0.1, -0.05) is 38.3 Å². The average Bonchev–Trinajstić information content (AvgIpc) is 3.37. The van der Waals surface area contributed by atoms with Crippen molar-refractivity contribution in [2.75, 3.05) is 0 Å². The van der Waals surface area contributed by atoms with Gasteiger partial charge in [-0.2, -0.15) is 11.3 Å². The normalized spacial score (nSPS) is 14.3. The molecule has 0 aliphatic heterocycles. The molecule has 0 saturated heterocycles. The summed E-state index contributed by atoms with van der Waals surface area (Å²) in [6, 6.07) is 25.5. The first-order chi connectivity index (χ1) is 22.2. The van der Waals surface area contributed by atoms with Crippen molar-refractivity contribution in [2.24, 2.45) is 0 Å². The van der Waals surface area contributed by atoms with Crippen LogP contribution >= 0.6 is 11.3 Å². The maximum Gasteiger partial charge on any atom is 0 e. The summed E-state index contributed by atoms with van der Waals surface area (Å²) in [6.07, 6.45) is 3.53. The van der Waals surface area contributed by atoms with E-state index in [2.05, 4.69) is 72.3 Å². The summed E-state index contributed by atoms with van der Waals surface area (Å²) in [7, 11) is 0. The molecule has 0 atom stereocenters. The Balaban J connectivity index is 0.000000216. The van der Waals surface area contributed by atoms with E-state index in [1.54, 1.807) is 35.7 Å². The Labute approximate surface area is 284 Å². The molecular formula is C37H37FGeIrN2S-2. The van der Waals surface area contributed by atoms with Gasteiger partial charge in [0.25, 0.3) is 0 Å². The summed E-state index contributed by atoms with van der Waals surface area (Å²) < 4.78 is 62.1. The molecule has 0 aliphatic carbocycles. The van der Waals surface area contributed by atoms with Gasteiger partial charge in [-0.15, -0.1) is 23.8 Å². The van der Waals surface area contributed by atoms with Crippen LogP contribution in [0.1, 0.15) is 45.7 Å². The second kappa shape index (κ2) is 13.1. The van der Waals surface area contributed by atoms with Crippen molar-refractivity contribution >= 4 is 49.2 Å². The van der Waals surface area contributed by atoms with Gasteiger partial charge >= 0.3 is 121 Å². The van der Waals surface area contributed by atoms with Gasteiger partial charge in [0, 0.05) is 31.0 Å². The second-order valence-corrected chi connectivity index (χ2v) is 24.0. The van der Waals surface area contributed by atoms with Gasteiger partial charge in [0.1, 0.15) is 5.82 Å². The van der Waals surface area contributed by atoms with Crippen LogP contribution in [0.3, 0.4) is 0 Å². The van der Waals surface area contributed by atoms with Crippen LogP contribution in [-0.2, 0) is 25.5 Å². The quantitative estimate of drug-likeness (QED) is 0.131. The predicted molar refractivity (Wildman–Crippen MR) is 181 cm³/mol. The molecule has 6 heteroatoms. The van der Waals surface area contributed by atoms with E-state index in [1.807, 2.05) is 24.4 Å². The van der Waals surface area contributed by atoms with Crippen LogP contribution in [-0.4, -0.2) is 23.2 Å². The molecule has 0 unspecified atom stereocenters. The zero-order valence-corrected chi connectivity index (χ0v) is 30.3. The van der Waals surface area contributed by atoms with Crippen LogP contribution in [0.2, 0.25) is 17.3 Å². The molecule has 43 heavy (non-hydrogen) atoms. The van der Waals surface area contributed by atoms with Crippen LogP contribution in [0.5, 0.6) is 0 Å². The maximum atomic E-state index is 13.6. The number of nitrogens with zero attached hydrogens (tertiary/aromatic N) is 2. The Morgan fingerprint density at radius 3 is 2.37 bits per heavy atom. The number of aryl methyl sites for hydroxylation is 2. The topological polar surface area (TPSA) is 25.8 Å². The molecule has 2 nitrogen and oxygen atoms in total. The van der Waals surface area contributed by atoms with E-state index in [-0.39, 0.29) is 36.9 Å². The van der Waals surface area contributed by atoms with Gasteiger partial charge in [-0.3, -0.25) is 0 Å². The Bertz CT molecular complexity index is 2100. The first-order valence-corrected chi connectivity index (χ1v) is 21.9. The zero-order chi connectivity index (χ0) is 35.2. The van der Waals surface area contributed by atoms with Crippen molar-refractivity contribution < 1.29 is 32.7 Å². The number of aromatic nitrogens is 2. The van der Waals surface area contributed by atoms with Crippen molar-refractivity contribution in [2.45, 2.75) is 57.2 Å². The molecule has 0 amide bonds. The number of hydrogen-bond acceptors (Lipinski definition) is 3. The van der Waals surface area contributed by atoms with Crippen molar-refractivity contribution in [1.29, 1.82) is 0 Å². The number of benzene rings is 3. The molecule has 223 valence electrons. The largest absolute Gasteiger partial charge is 0 e. The predicted octanol–water partition coefficient (Wildman–Crippen LogP) is 10.1. The fourth-order valence-corrected chi connectivity index (χ4v) is 8.75. The third kappa shape index (κ3) is 7.52. The molecule has 6 rings (SSSR count). The zero-order valence-electron chi connectivity index (χ0n) is 31.0. The van der Waals surface area contributed by atoms with Crippen molar-refractivity contribution in [3.8, 4) is 22.5 Å². The molecule has 3 heterocycles. The molecule has 1 radical (unpaired) electrons. The monoisotopic (exact) mass is 833 g/mol. The van der Waals surface area contributed by atoms with E-state index < -0.39 is 27.0 Å². The molecular weight excluding hydrogens is 788 g/mol. The Kier molecular flexibility index (Phi) is 7.81. The minimum absolute atomic E-state index is 0. The molecule has 3 aromatic heterocycles. The first kappa shape index (κ1) is 25.6. The Hall–Kier alpha value is -2.70. The second-order valence-electron chi connectivity index (χ2n) is 12.4. The van der Waals surface area contributed by atoms with E-state index in [1.165, 1.54) is 23.8 Å². The van der Waals surface area contributed by atoms with Crippen molar-refractivity contribution in [1.82, 2.24) is 9.97 Å². The summed E-state index contributed by atoms with van der Waals surface area (Å²) >= 11 is -0.781. The molecule has 0 saturated carbocycles. The fraction of sp³-hybridized carbons (Fsp3) is 0.243. The number of thiophene rings is 1. The third-order valence-corrected chi connectivity index (χ3v) is 12.5. The van der Waals surface area contributed by atoms with Gasteiger partial charge in [0.05, 0.1) is 0 Å². The summed E-state index contributed by atoms with van der Waals surface area (Å²) in [5.41, 5.74) is 4.83. The van der Waals surface area contributed by atoms with Gasteiger partial charge in [-0.05, 0) is 45.0 Å². The van der Waals surface area contributed by atoms with Gasteiger partial charge in [-0.25, -0.2) is 4.39 Å². The Morgan fingerprint density at radius 2 is 1.70 bits per heavy atom. The molecule has 0 fully saturated rings. The van der Waals surface area contributed by atoms with Gasteiger partial charge in [0.2, 0.25) is 0 Å². The third-order valence-electron chi connectivity index (χ3n) is 7.08. The van der Waals surface area contributed by atoms with Crippen LogP contribution in [0.15, 0.2) is 79.1 Å².